The molecule has 4 heteroatoms. The van der Waals surface area contributed by atoms with Crippen LogP contribution >= 0.6 is 0 Å². The summed E-state index contributed by atoms with van der Waals surface area (Å²) in [5, 5.41) is 0. The lowest BCUT2D eigenvalue weighted by Gasteiger charge is -2.06. The van der Waals surface area contributed by atoms with E-state index in [-0.39, 0.29) is 5.97 Å². The summed E-state index contributed by atoms with van der Waals surface area (Å²) in [6.07, 6.45) is 3.71. The first-order valence-corrected chi connectivity index (χ1v) is 5.35. The second kappa shape index (κ2) is 4.82. The lowest BCUT2D eigenvalue weighted by Crippen LogP contribution is -2.03. The summed E-state index contributed by atoms with van der Waals surface area (Å²) in [5.41, 5.74) is 1.69. The number of ether oxygens (including phenoxy) is 1. The van der Waals surface area contributed by atoms with Crippen LogP contribution in [0, 0.1) is 6.92 Å². The van der Waals surface area contributed by atoms with Crippen molar-refractivity contribution in [1.82, 2.24) is 9.55 Å². The van der Waals surface area contributed by atoms with Gasteiger partial charge in [-0.25, -0.2) is 9.78 Å². The highest BCUT2D eigenvalue weighted by Gasteiger charge is 2.04. The van der Waals surface area contributed by atoms with E-state index in [2.05, 4.69) is 9.72 Å². The summed E-state index contributed by atoms with van der Waals surface area (Å²) in [4.78, 5) is 15.4. The van der Waals surface area contributed by atoms with Crippen molar-refractivity contribution in [1.29, 1.82) is 0 Å². The van der Waals surface area contributed by atoms with Crippen LogP contribution in [-0.2, 0) is 11.3 Å². The minimum absolute atomic E-state index is 0.310. The predicted octanol–water partition coefficient (Wildman–Crippen LogP) is 2.03. The highest BCUT2D eigenvalue weighted by atomic mass is 16.5. The second-order valence-electron chi connectivity index (χ2n) is 3.79. The average molecular weight is 230 g/mol. The molecule has 0 fully saturated rings. The van der Waals surface area contributed by atoms with Crippen molar-refractivity contribution in [2.24, 2.45) is 0 Å². The number of hydrogen-bond acceptors (Lipinski definition) is 3. The van der Waals surface area contributed by atoms with Gasteiger partial charge < -0.3 is 9.30 Å². The molecule has 0 radical (unpaired) electrons. The van der Waals surface area contributed by atoms with E-state index in [0.29, 0.717) is 5.56 Å². The molecule has 0 aliphatic heterocycles. The Balaban J connectivity index is 2.14. The van der Waals surface area contributed by atoms with Crippen molar-refractivity contribution in [2.75, 3.05) is 7.11 Å². The molecule has 0 aliphatic carbocycles. The molecule has 1 heterocycles. The summed E-state index contributed by atoms with van der Waals surface area (Å²) >= 11 is 0. The number of benzene rings is 1. The lowest BCUT2D eigenvalue weighted by molar-refractivity contribution is 0.0600. The van der Waals surface area contributed by atoms with E-state index in [1.54, 1.807) is 18.3 Å². The van der Waals surface area contributed by atoms with E-state index in [0.717, 1.165) is 17.9 Å². The van der Waals surface area contributed by atoms with Gasteiger partial charge in [0.15, 0.2) is 0 Å². The topological polar surface area (TPSA) is 44.1 Å². The van der Waals surface area contributed by atoms with Crippen LogP contribution in [0.4, 0.5) is 0 Å². The molecule has 0 atom stereocenters. The number of hydrogen-bond donors (Lipinski definition) is 0. The fourth-order valence-corrected chi connectivity index (χ4v) is 1.63. The van der Waals surface area contributed by atoms with Gasteiger partial charge in [-0.05, 0) is 24.6 Å². The Labute approximate surface area is 99.9 Å². The maximum Gasteiger partial charge on any atom is 0.337 e. The highest BCUT2D eigenvalue weighted by Crippen LogP contribution is 2.08. The number of imidazole rings is 1. The molecule has 0 spiro atoms. The van der Waals surface area contributed by atoms with Gasteiger partial charge >= 0.3 is 5.97 Å². The normalized spacial score (nSPS) is 10.2. The number of aromatic nitrogens is 2. The van der Waals surface area contributed by atoms with Crippen molar-refractivity contribution < 1.29 is 9.53 Å². The van der Waals surface area contributed by atoms with Crippen LogP contribution in [-0.4, -0.2) is 22.6 Å². The Hall–Kier alpha value is -2.10. The van der Waals surface area contributed by atoms with Crippen molar-refractivity contribution in [2.45, 2.75) is 13.5 Å². The van der Waals surface area contributed by atoms with Crippen molar-refractivity contribution in [3.63, 3.8) is 0 Å². The number of aryl methyl sites for hydroxylation is 1. The smallest absolute Gasteiger partial charge is 0.337 e. The van der Waals surface area contributed by atoms with E-state index < -0.39 is 0 Å². The third-order valence-electron chi connectivity index (χ3n) is 2.65. The maximum absolute atomic E-state index is 11.3. The van der Waals surface area contributed by atoms with Gasteiger partial charge in [0.2, 0.25) is 0 Å². The number of methoxy groups -OCH3 is 1. The van der Waals surface area contributed by atoms with Crippen LogP contribution in [0.2, 0.25) is 0 Å². The molecule has 88 valence electrons. The number of carbonyl (C=O) groups is 1. The molecule has 0 saturated carbocycles. The molecule has 0 aliphatic rings. The van der Waals surface area contributed by atoms with Gasteiger partial charge in [-0.15, -0.1) is 0 Å². The van der Waals surface area contributed by atoms with Crippen LogP contribution in [0.1, 0.15) is 21.7 Å². The van der Waals surface area contributed by atoms with Crippen molar-refractivity contribution in [3.8, 4) is 0 Å². The minimum atomic E-state index is -0.310. The van der Waals surface area contributed by atoms with Crippen LogP contribution in [0.5, 0.6) is 0 Å². The van der Waals surface area contributed by atoms with E-state index in [9.17, 15) is 4.79 Å². The zero-order valence-electron chi connectivity index (χ0n) is 9.88. The maximum atomic E-state index is 11.3. The van der Waals surface area contributed by atoms with E-state index in [1.807, 2.05) is 29.8 Å². The fourth-order valence-electron chi connectivity index (χ4n) is 1.63. The van der Waals surface area contributed by atoms with Gasteiger partial charge in [0.05, 0.1) is 12.7 Å². The Morgan fingerprint density at radius 3 is 2.59 bits per heavy atom. The summed E-state index contributed by atoms with van der Waals surface area (Å²) < 4.78 is 6.70. The van der Waals surface area contributed by atoms with Crippen LogP contribution in [0.15, 0.2) is 36.7 Å². The van der Waals surface area contributed by atoms with Crippen molar-refractivity contribution >= 4 is 5.97 Å². The van der Waals surface area contributed by atoms with Gasteiger partial charge in [-0.3, -0.25) is 0 Å². The molecule has 1 aromatic carbocycles. The fraction of sp³-hybridized carbons (Fsp3) is 0.231. The molecule has 4 nitrogen and oxygen atoms in total. The Morgan fingerprint density at radius 2 is 2.06 bits per heavy atom. The zero-order valence-corrected chi connectivity index (χ0v) is 9.88. The SMILES string of the molecule is COC(=O)c1ccc(Cn2ccnc2C)cc1. The standard InChI is InChI=1S/C13H14N2O2/c1-10-14-7-8-15(10)9-11-3-5-12(6-4-11)13(16)17-2/h3-8H,9H2,1-2H3. The lowest BCUT2D eigenvalue weighted by atomic mass is 10.1. The summed E-state index contributed by atoms with van der Waals surface area (Å²) in [6.45, 7) is 2.72. The molecule has 2 rings (SSSR count). The molecule has 1 aromatic heterocycles. The summed E-state index contributed by atoms with van der Waals surface area (Å²) in [5.74, 6) is 0.664. The predicted molar refractivity (Wildman–Crippen MR) is 63.8 cm³/mol. The first-order valence-electron chi connectivity index (χ1n) is 5.35. The molecule has 0 saturated heterocycles. The number of esters is 1. The molecular formula is C13H14N2O2. The molecule has 0 N–H and O–H groups in total. The zero-order chi connectivity index (χ0) is 12.3. The number of nitrogens with zero attached hydrogens (tertiary/aromatic N) is 2. The third kappa shape index (κ3) is 2.53. The van der Waals surface area contributed by atoms with Gasteiger partial charge in [0.25, 0.3) is 0 Å². The third-order valence-corrected chi connectivity index (χ3v) is 2.65. The molecule has 17 heavy (non-hydrogen) atoms. The number of carbonyl (C=O) groups excluding carboxylic acids is 1. The summed E-state index contributed by atoms with van der Waals surface area (Å²) in [7, 11) is 1.38. The van der Waals surface area contributed by atoms with Crippen LogP contribution in [0.25, 0.3) is 0 Å². The minimum Gasteiger partial charge on any atom is -0.465 e. The Bertz CT molecular complexity index is 514. The monoisotopic (exact) mass is 230 g/mol. The van der Waals surface area contributed by atoms with E-state index in [4.69, 9.17) is 0 Å². The van der Waals surface area contributed by atoms with Gasteiger partial charge in [0.1, 0.15) is 5.82 Å². The van der Waals surface area contributed by atoms with Crippen LogP contribution < -0.4 is 0 Å². The Kier molecular flexibility index (Phi) is 3.23. The van der Waals surface area contributed by atoms with Crippen molar-refractivity contribution in [3.05, 3.63) is 53.6 Å². The van der Waals surface area contributed by atoms with Gasteiger partial charge in [0, 0.05) is 18.9 Å². The first-order chi connectivity index (χ1) is 8.20. The Morgan fingerprint density at radius 1 is 1.35 bits per heavy atom. The molecule has 0 amide bonds. The average Bonchev–Trinajstić information content (AvgIpc) is 2.75. The largest absolute Gasteiger partial charge is 0.465 e. The van der Waals surface area contributed by atoms with E-state index in [1.165, 1.54) is 7.11 Å². The molecular weight excluding hydrogens is 216 g/mol. The van der Waals surface area contributed by atoms with Gasteiger partial charge in [-0.1, -0.05) is 12.1 Å². The van der Waals surface area contributed by atoms with Gasteiger partial charge in [-0.2, -0.15) is 0 Å². The highest BCUT2D eigenvalue weighted by molar-refractivity contribution is 5.89. The molecule has 2 aromatic rings. The van der Waals surface area contributed by atoms with E-state index >= 15 is 0 Å². The number of rotatable bonds is 3. The second-order valence-corrected chi connectivity index (χ2v) is 3.79. The van der Waals surface area contributed by atoms with Crippen LogP contribution in [0.3, 0.4) is 0 Å². The quantitative estimate of drug-likeness (QED) is 0.758. The summed E-state index contributed by atoms with van der Waals surface area (Å²) in [6, 6.07) is 7.39. The molecule has 0 unspecified atom stereocenters. The first kappa shape index (κ1) is 11.4. The molecule has 0 bridgehead atoms.